The number of likely N-dealkylation sites (N-methyl/N-ethyl adjacent to an activating group) is 1. The zero-order chi connectivity index (χ0) is 21.1. The number of urea groups is 1. The molecule has 2 N–H and O–H groups in total. The van der Waals surface area contributed by atoms with E-state index in [2.05, 4.69) is 20.5 Å². The van der Waals surface area contributed by atoms with E-state index in [0.29, 0.717) is 13.0 Å². The van der Waals surface area contributed by atoms with Gasteiger partial charge in [-0.3, -0.25) is 9.79 Å². The maximum atomic E-state index is 12.9. The molecule has 0 aliphatic carbocycles. The van der Waals surface area contributed by atoms with Gasteiger partial charge in [0.25, 0.3) is 0 Å². The highest BCUT2D eigenvalue weighted by Gasteiger charge is 2.34. The van der Waals surface area contributed by atoms with E-state index in [0.717, 1.165) is 47.8 Å². The van der Waals surface area contributed by atoms with Crippen LogP contribution in [0, 0.1) is 6.92 Å². The van der Waals surface area contributed by atoms with E-state index in [1.54, 1.807) is 4.90 Å². The number of hydrogen-bond donors (Lipinski definition) is 2. The minimum absolute atomic E-state index is 0.158. The Bertz CT molecular complexity index is 953. The topological polar surface area (TPSA) is 77.0 Å². The largest absolute Gasteiger partial charge is 0.358 e. The quantitative estimate of drug-likeness (QED) is 0.819. The number of anilines is 2. The Morgan fingerprint density at radius 2 is 1.63 bits per heavy atom. The van der Waals surface area contributed by atoms with E-state index < -0.39 is 6.04 Å². The van der Waals surface area contributed by atoms with E-state index in [1.165, 1.54) is 0 Å². The van der Waals surface area contributed by atoms with Crippen LogP contribution < -0.4 is 10.6 Å². The number of hydrogen-bond acceptors (Lipinski definition) is 4. The Balaban J connectivity index is 1.38. The van der Waals surface area contributed by atoms with Gasteiger partial charge >= 0.3 is 6.03 Å². The summed E-state index contributed by atoms with van der Waals surface area (Å²) in [7, 11) is 2.03. The van der Waals surface area contributed by atoms with Gasteiger partial charge in [-0.15, -0.1) is 0 Å². The van der Waals surface area contributed by atoms with Gasteiger partial charge in [-0.25, -0.2) is 4.79 Å². The SMILES string of the molecule is Cc1ccc(NC(=O)N2CCCC2C(=O)Nc2ccc(C3=NCCN3C)cc2)cc1. The molecule has 2 aromatic carbocycles. The molecule has 0 spiro atoms. The number of rotatable bonds is 4. The van der Waals surface area contributed by atoms with E-state index in [1.807, 2.05) is 62.5 Å². The van der Waals surface area contributed by atoms with Gasteiger partial charge in [-0.1, -0.05) is 17.7 Å². The number of likely N-dealkylation sites (tertiary alicyclic amines) is 1. The summed E-state index contributed by atoms with van der Waals surface area (Å²) in [5.41, 5.74) is 3.61. The zero-order valence-corrected chi connectivity index (χ0v) is 17.4. The standard InChI is InChI=1S/C23H27N5O2/c1-16-5-9-19(10-6-16)26-23(30)28-14-3-4-20(28)22(29)25-18-11-7-17(8-12-18)21-24-13-15-27(21)2/h5-12,20H,3-4,13-15H2,1-2H3,(H,25,29)(H,26,30). The molecule has 2 aliphatic heterocycles. The lowest BCUT2D eigenvalue weighted by molar-refractivity contribution is -0.119. The highest BCUT2D eigenvalue weighted by atomic mass is 16.2. The number of carbonyl (C=O) groups is 2. The van der Waals surface area contributed by atoms with Crippen molar-refractivity contribution in [3.05, 3.63) is 59.7 Å². The summed E-state index contributed by atoms with van der Waals surface area (Å²) in [6, 6.07) is 14.6. The van der Waals surface area contributed by atoms with Gasteiger partial charge in [0.1, 0.15) is 11.9 Å². The van der Waals surface area contributed by atoms with Crippen LogP contribution in [-0.4, -0.2) is 60.3 Å². The van der Waals surface area contributed by atoms with E-state index >= 15 is 0 Å². The lowest BCUT2D eigenvalue weighted by atomic mass is 10.1. The Kier molecular flexibility index (Phi) is 5.70. The summed E-state index contributed by atoms with van der Waals surface area (Å²) < 4.78 is 0. The van der Waals surface area contributed by atoms with Crippen molar-refractivity contribution < 1.29 is 9.59 Å². The van der Waals surface area contributed by atoms with Crippen LogP contribution in [0.3, 0.4) is 0 Å². The second-order valence-corrected chi connectivity index (χ2v) is 7.84. The third-order valence-electron chi connectivity index (χ3n) is 5.59. The first kappa shape index (κ1) is 19.9. The Morgan fingerprint density at radius 3 is 2.30 bits per heavy atom. The highest BCUT2D eigenvalue weighted by Crippen LogP contribution is 2.22. The molecule has 1 fully saturated rings. The highest BCUT2D eigenvalue weighted by molar-refractivity contribution is 6.01. The summed E-state index contributed by atoms with van der Waals surface area (Å²) in [4.78, 5) is 33.8. The van der Waals surface area contributed by atoms with Gasteiger partial charge in [0.15, 0.2) is 0 Å². The first-order valence-electron chi connectivity index (χ1n) is 10.3. The maximum absolute atomic E-state index is 12.9. The summed E-state index contributed by atoms with van der Waals surface area (Å²) in [6.45, 7) is 4.31. The number of nitrogens with one attached hydrogen (secondary N) is 2. The van der Waals surface area contributed by atoms with Crippen molar-refractivity contribution in [1.29, 1.82) is 0 Å². The number of aryl methyl sites for hydroxylation is 1. The molecule has 0 aromatic heterocycles. The Hall–Kier alpha value is -3.35. The number of amides is 3. The van der Waals surface area contributed by atoms with Gasteiger partial charge in [0.2, 0.25) is 5.91 Å². The van der Waals surface area contributed by atoms with Gasteiger partial charge in [-0.2, -0.15) is 0 Å². The monoisotopic (exact) mass is 405 g/mol. The van der Waals surface area contributed by atoms with Crippen LogP contribution in [0.5, 0.6) is 0 Å². The smallest absolute Gasteiger partial charge is 0.322 e. The van der Waals surface area contributed by atoms with Crippen molar-refractivity contribution in [1.82, 2.24) is 9.80 Å². The first-order chi connectivity index (χ1) is 14.5. The molecular weight excluding hydrogens is 378 g/mol. The number of amidine groups is 1. The van der Waals surface area contributed by atoms with Gasteiger partial charge in [0, 0.05) is 37.1 Å². The molecule has 2 aliphatic rings. The normalized spacial score (nSPS) is 18.3. The van der Waals surface area contributed by atoms with Crippen LogP contribution in [0.15, 0.2) is 53.5 Å². The van der Waals surface area contributed by atoms with Crippen LogP contribution in [0.2, 0.25) is 0 Å². The van der Waals surface area contributed by atoms with Crippen LogP contribution in [0.1, 0.15) is 24.0 Å². The third kappa shape index (κ3) is 4.30. The van der Waals surface area contributed by atoms with E-state index in [9.17, 15) is 9.59 Å². The molecule has 7 nitrogen and oxygen atoms in total. The Morgan fingerprint density at radius 1 is 0.967 bits per heavy atom. The molecular formula is C23H27N5O2. The van der Waals surface area contributed by atoms with Crippen molar-refractivity contribution in [2.45, 2.75) is 25.8 Å². The lowest BCUT2D eigenvalue weighted by Crippen LogP contribution is -2.45. The molecule has 1 saturated heterocycles. The molecule has 7 heteroatoms. The van der Waals surface area contributed by atoms with E-state index in [4.69, 9.17) is 0 Å². The summed E-state index contributed by atoms with van der Waals surface area (Å²) in [5.74, 6) is 0.817. The summed E-state index contributed by atoms with van der Waals surface area (Å²) in [6.07, 6.45) is 1.47. The molecule has 156 valence electrons. The van der Waals surface area contributed by atoms with Crippen LogP contribution in [-0.2, 0) is 4.79 Å². The van der Waals surface area contributed by atoms with Gasteiger partial charge in [0.05, 0.1) is 6.54 Å². The molecule has 30 heavy (non-hydrogen) atoms. The minimum Gasteiger partial charge on any atom is -0.358 e. The number of carbonyl (C=O) groups excluding carboxylic acids is 2. The van der Waals surface area contributed by atoms with Crippen LogP contribution in [0.4, 0.5) is 16.2 Å². The lowest BCUT2D eigenvalue weighted by Gasteiger charge is -2.24. The predicted molar refractivity (Wildman–Crippen MR) is 119 cm³/mol. The zero-order valence-electron chi connectivity index (χ0n) is 17.4. The van der Waals surface area contributed by atoms with Crippen molar-refractivity contribution in [3.63, 3.8) is 0 Å². The van der Waals surface area contributed by atoms with Gasteiger partial charge in [-0.05, 0) is 56.2 Å². The number of nitrogens with zero attached hydrogens (tertiary/aromatic N) is 3. The third-order valence-corrected chi connectivity index (χ3v) is 5.59. The fraction of sp³-hybridized carbons (Fsp3) is 0.348. The van der Waals surface area contributed by atoms with Gasteiger partial charge < -0.3 is 20.4 Å². The molecule has 0 saturated carbocycles. The first-order valence-corrected chi connectivity index (χ1v) is 10.3. The van der Waals surface area contributed by atoms with Crippen LogP contribution in [0.25, 0.3) is 0 Å². The molecule has 1 unspecified atom stereocenters. The van der Waals surface area contributed by atoms with E-state index in [-0.39, 0.29) is 11.9 Å². The van der Waals surface area contributed by atoms with Crippen molar-refractivity contribution in [2.75, 3.05) is 37.3 Å². The average Bonchev–Trinajstić information content (AvgIpc) is 3.39. The molecule has 4 rings (SSSR count). The predicted octanol–water partition coefficient (Wildman–Crippen LogP) is 3.32. The average molecular weight is 406 g/mol. The fourth-order valence-corrected chi connectivity index (χ4v) is 3.89. The molecule has 0 radical (unpaired) electrons. The fourth-order valence-electron chi connectivity index (χ4n) is 3.89. The summed E-state index contributed by atoms with van der Waals surface area (Å²) in [5, 5.41) is 5.85. The molecule has 2 aromatic rings. The molecule has 3 amide bonds. The second kappa shape index (κ2) is 8.57. The Labute approximate surface area is 176 Å². The van der Waals surface area contributed by atoms with Crippen molar-refractivity contribution in [3.8, 4) is 0 Å². The van der Waals surface area contributed by atoms with Crippen LogP contribution >= 0.6 is 0 Å². The summed E-state index contributed by atoms with van der Waals surface area (Å²) >= 11 is 0. The maximum Gasteiger partial charge on any atom is 0.322 e. The molecule has 2 heterocycles. The molecule has 1 atom stereocenters. The molecule has 0 bridgehead atoms. The minimum atomic E-state index is -0.472. The number of aliphatic imine (C=N–C) groups is 1. The number of benzene rings is 2. The van der Waals surface area contributed by atoms with Crippen molar-refractivity contribution in [2.24, 2.45) is 4.99 Å². The van der Waals surface area contributed by atoms with Crippen molar-refractivity contribution >= 4 is 29.1 Å². The second-order valence-electron chi connectivity index (χ2n) is 7.84.